The lowest BCUT2D eigenvalue weighted by Gasteiger charge is -2.08. The van der Waals surface area contributed by atoms with E-state index in [-0.39, 0.29) is 13.2 Å². The van der Waals surface area contributed by atoms with E-state index < -0.39 is 5.97 Å². The topological polar surface area (TPSA) is 65.0 Å². The molecule has 1 aliphatic rings. The van der Waals surface area contributed by atoms with Crippen molar-refractivity contribution in [2.45, 2.75) is 25.9 Å². The van der Waals surface area contributed by atoms with Crippen LogP contribution in [0.2, 0.25) is 0 Å². The number of hydrogen-bond acceptors (Lipinski definition) is 4. The Balaban J connectivity index is 1.51. The normalized spacial score (nSPS) is 12.2. The van der Waals surface area contributed by atoms with Crippen LogP contribution in [0.25, 0.3) is 0 Å². The molecule has 1 heterocycles. The van der Waals surface area contributed by atoms with Gasteiger partial charge in [-0.1, -0.05) is 18.2 Å². The number of carbonyl (C=O) groups is 1. The lowest BCUT2D eigenvalue weighted by Crippen LogP contribution is -1.97. The minimum atomic E-state index is -0.756. The number of aliphatic carboxylic acids is 1. The third kappa shape index (κ3) is 4.16. The Kier molecular flexibility index (Phi) is 4.66. The van der Waals surface area contributed by atoms with Crippen molar-refractivity contribution in [1.29, 1.82) is 0 Å². The molecule has 0 bridgehead atoms. The predicted octanol–water partition coefficient (Wildman–Crippen LogP) is 3.40. The number of fused-ring (bicyclic) bond motifs is 1. The molecule has 0 aromatic heterocycles. The second kappa shape index (κ2) is 7.05. The number of rotatable bonds is 7. The van der Waals surface area contributed by atoms with Crippen LogP contribution in [0.1, 0.15) is 24.0 Å². The smallest absolute Gasteiger partial charge is 0.303 e. The molecule has 0 radical (unpaired) electrons. The molecule has 5 nitrogen and oxygen atoms in total. The van der Waals surface area contributed by atoms with E-state index in [0.29, 0.717) is 13.0 Å². The van der Waals surface area contributed by atoms with Crippen LogP contribution in [0.15, 0.2) is 42.5 Å². The molecule has 5 heteroatoms. The lowest BCUT2D eigenvalue weighted by atomic mass is 10.1. The fourth-order valence-corrected chi connectivity index (χ4v) is 2.39. The molecule has 0 spiro atoms. The monoisotopic (exact) mass is 314 g/mol. The molecule has 0 saturated carbocycles. The number of carboxylic acids is 1. The van der Waals surface area contributed by atoms with Crippen LogP contribution in [0.5, 0.6) is 17.2 Å². The first-order chi connectivity index (χ1) is 11.2. The number of hydrogen-bond donors (Lipinski definition) is 1. The van der Waals surface area contributed by atoms with Gasteiger partial charge in [0.05, 0.1) is 0 Å². The summed E-state index contributed by atoms with van der Waals surface area (Å²) in [6.07, 6.45) is 1.60. The maximum absolute atomic E-state index is 10.5. The first kappa shape index (κ1) is 15.2. The van der Waals surface area contributed by atoms with Gasteiger partial charge in [0.25, 0.3) is 0 Å². The number of benzene rings is 2. The molecular weight excluding hydrogens is 296 g/mol. The highest BCUT2D eigenvalue weighted by molar-refractivity contribution is 5.66. The highest BCUT2D eigenvalue weighted by Crippen LogP contribution is 2.32. The quantitative estimate of drug-likeness (QED) is 0.848. The highest BCUT2D eigenvalue weighted by atomic mass is 16.7. The minimum absolute atomic E-state index is 0.197. The molecule has 0 fully saturated rings. The summed E-state index contributed by atoms with van der Waals surface area (Å²) in [4.78, 5) is 10.5. The van der Waals surface area contributed by atoms with Gasteiger partial charge in [0.1, 0.15) is 12.4 Å². The summed E-state index contributed by atoms with van der Waals surface area (Å²) >= 11 is 0. The van der Waals surface area contributed by atoms with Crippen molar-refractivity contribution in [2.75, 3.05) is 6.79 Å². The van der Waals surface area contributed by atoms with Crippen LogP contribution < -0.4 is 14.2 Å². The van der Waals surface area contributed by atoms with Gasteiger partial charge in [0.15, 0.2) is 11.5 Å². The van der Waals surface area contributed by atoms with Crippen molar-refractivity contribution in [3.05, 3.63) is 53.6 Å². The molecule has 0 atom stereocenters. The van der Waals surface area contributed by atoms with Crippen LogP contribution in [0, 0.1) is 0 Å². The van der Waals surface area contributed by atoms with E-state index in [9.17, 15) is 4.79 Å². The minimum Gasteiger partial charge on any atom is -0.489 e. The fourth-order valence-electron chi connectivity index (χ4n) is 2.39. The Morgan fingerprint density at radius 3 is 2.57 bits per heavy atom. The third-order valence-corrected chi connectivity index (χ3v) is 3.62. The van der Waals surface area contributed by atoms with Gasteiger partial charge in [-0.3, -0.25) is 4.79 Å². The summed E-state index contributed by atoms with van der Waals surface area (Å²) in [5, 5.41) is 8.64. The molecule has 23 heavy (non-hydrogen) atoms. The van der Waals surface area contributed by atoms with Gasteiger partial charge in [0.2, 0.25) is 6.79 Å². The average Bonchev–Trinajstić information content (AvgIpc) is 3.01. The first-order valence-electron chi connectivity index (χ1n) is 7.53. The van der Waals surface area contributed by atoms with Crippen LogP contribution >= 0.6 is 0 Å². The van der Waals surface area contributed by atoms with E-state index in [0.717, 1.165) is 34.8 Å². The molecule has 120 valence electrons. The maximum atomic E-state index is 10.5. The number of carboxylic acid groups (broad SMARTS) is 1. The zero-order chi connectivity index (χ0) is 16.1. The Bertz CT molecular complexity index is 678. The van der Waals surface area contributed by atoms with Gasteiger partial charge in [0, 0.05) is 6.42 Å². The summed E-state index contributed by atoms with van der Waals surface area (Å²) in [6.45, 7) is 0.720. The molecule has 0 aliphatic carbocycles. The van der Waals surface area contributed by atoms with Gasteiger partial charge in [-0.2, -0.15) is 0 Å². The Hall–Kier alpha value is -2.69. The molecule has 2 aromatic carbocycles. The van der Waals surface area contributed by atoms with Gasteiger partial charge < -0.3 is 19.3 Å². The predicted molar refractivity (Wildman–Crippen MR) is 83.9 cm³/mol. The highest BCUT2D eigenvalue weighted by Gasteiger charge is 2.13. The maximum Gasteiger partial charge on any atom is 0.303 e. The Morgan fingerprint density at radius 2 is 1.78 bits per heavy atom. The molecule has 0 unspecified atom stereocenters. The van der Waals surface area contributed by atoms with Gasteiger partial charge in [-0.25, -0.2) is 0 Å². The van der Waals surface area contributed by atoms with Crippen molar-refractivity contribution < 1.29 is 24.1 Å². The van der Waals surface area contributed by atoms with E-state index in [2.05, 4.69) is 0 Å². The number of aryl methyl sites for hydroxylation is 1. The number of ether oxygens (including phenoxy) is 3. The molecular formula is C18H18O5. The zero-order valence-electron chi connectivity index (χ0n) is 12.7. The van der Waals surface area contributed by atoms with Gasteiger partial charge in [-0.05, 0) is 48.2 Å². The molecule has 3 rings (SSSR count). The summed E-state index contributed by atoms with van der Waals surface area (Å²) < 4.78 is 16.4. The molecule has 1 N–H and O–H groups in total. The molecule has 0 amide bonds. The Morgan fingerprint density at radius 1 is 1.04 bits per heavy atom. The van der Waals surface area contributed by atoms with Crippen LogP contribution in [-0.4, -0.2) is 17.9 Å². The van der Waals surface area contributed by atoms with Crippen molar-refractivity contribution >= 4 is 5.97 Å². The van der Waals surface area contributed by atoms with E-state index in [4.69, 9.17) is 19.3 Å². The lowest BCUT2D eigenvalue weighted by molar-refractivity contribution is -0.137. The summed E-state index contributed by atoms with van der Waals surface area (Å²) in [6, 6.07) is 13.5. The van der Waals surface area contributed by atoms with Gasteiger partial charge in [-0.15, -0.1) is 0 Å². The van der Waals surface area contributed by atoms with Crippen molar-refractivity contribution in [1.82, 2.24) is 0 Å². The fraction of sp³-hybridized carbons (Fsp3) is 0.278. The van der Waals surface area contributed by atoms with Crippen molar-refractivity contribution in [3.63, 3.8) is 0 Å². The summed E-state index contributed by atoms with van der Waals surface area (Å²) in [7, 11) is 0. The third-order valence-electron chi connectivity index (χ3n) is 3.62. The zero-order valence-corrected chi connectivity index (χ0v) is 12.7. The van der Waals surface area contributed by atoms with Crippen LogP contribution in [0.3, 0.4) is 0 Å². The standard InChI is InChI=1S/C18H18O5/c19-18(20)3-1-2-13-4-7-15(8-5-13)21-11-14-6-9-16-17(10-14)23-12-22-16/h4-10H,1-3,11-12H2,(H,19,20). The SMILES string of the molecule is O=C(O)CCCc1ccc(OCc2ccc3c(c2)OCO3)cc1. The van der Waals surface area contributed by atoms with E-state index in [1.54, 1.807) is 0 Å². The van der Waals surface area contributed by atoms with Crippen LogP contribution in [0.4, 0.5) is 0 Å². The molecule has 2 aromatic rings. The Labute approximate surface area is 134 Å². The first-order valence-corrected chi connectivity index (χ1v) is 7.53. The van der Waals surface area contributed by atoms with E-state index in [1.165, 1.54) is 0 Å². The van der Waals surface area contributed by atoms with Crippen molar-refractivity contribution in [3.8, 4) is 17.2 Å². The van der Waals surface area contributed by atoms with Gasteiger partial charge >= 0.3 is 5.97 Å². The molecule has 1 aliphatic heterocycles. The largest absolute Gasteiger partial charge is 0.489 e. The van der Waals surface area contributed by atoms with Crippen LogP contribution in [-0.2, 0) is 17.8 Å². The second-order valence-electron chi connectivity index (χ2n) is 5.37. The summed E-state index contributed by atoms with van der Waals surface area (Å²) in [5.41, 5.74) is 2.13. The van der Waals surface area contributed by atoms with E-state index >= 15 is 0 Å². The molecule has 0 saturated heterocycles. The second-order valence-corrected chi connectivity index (χ2v) is 5.37. The van der Waals surface area contributed by atoms with Crippen molar-refractivity contribution in [2.24, 2.45) is 0 Å². The summed E-state index contributed by atoms with van der Waals surface area (Å²) in [5.74, 6) is 1.54. The van der Waals surface area contributed by atoms with E-state index in [1.807, 2.05) is 42.5 Å². The average molecular weight is 314 g/mol.